The lowest BCUT2D eigenvalue weighted by molar-refractivity contribution is -0.176. The van der Waals surface area contributed by atoms with Gasteiger partial charge >= 0.3 is 6.11 Å². The van der Waals surface area contributed by atoms with E-state index in [-0.39, 0.29) is 16.9 Å². The van der Waals surface area contributed by atoms with Gasteiger partial charge in [-0.1, -0.05) is 12.1 Å². The van der Waals surface area contributed by atoms with Crippen LogP contribution in [0.1, 0.15) is 0 Å². The van der Waals surface area contributed by atoms with Crippen LogP contribution in [0.4, 0.5) is 22.0 Å². The Balaban J connectivity index is 2.29. The van der Waals surface area contributed by atoms with E-state index >= 15 is 0 Å². The van der Waals surface area contributed by atoms with Crippen molar-refractivity contribution in [2.24, 2.45) is 0 Å². The molecule has 0 unspecified atom stereocenters. The van der Waals surface area contributed by atoms with Gasteiger partial charge in [-0.25, -0.2) is 13.2 Å². The van der Waals surface area contributed by atoms with Crippen LogP contribution in [0.15, 0.2) is 36.4 Å². The number of hydrogen-bond acceptors (Lipinski definition) is 2. The molecule has 21 heavy (non-hydrogen) atoms. The summed E-state index contributed by atoms with van der Waals surface area (Å²) in [5.41, 5.74) is 0.287. The first-order chi connectivity index (χ1) is 9.82. The fourth-order valence-electron chi connectivity index (χ4n) is 1.62. The summed E-state index contributed by atoms with van der Waals surface area (Å²) in [7, 11) is 0. The Kier molecular flexibility index (Phi) is 3.93. The maximum atomic E-state index is 13.1. The van der Waals surface area contributed by atoms with Crippen LogP contribution in [0.2, 0.25) is 0 Å². The first-order valence-corrected chi connectivity index (χ1v) is 5.60. The molecule has 0 aromatic heterocycles. The zero-order valence-corrected chi connectivity index (χ0v) is 10.2. The van der Waals surface area contributed by atoms with Crippen molar-refractivity contribution in [2.75, 3.05) is 0 Å². The first-order valence-electron chi connectivity index (χ1n) is 5.60. The summed E-state index contributed by atoms with van der Waals surface area (Å²) in [5.74, 6) is -4.63. The fraction of sp³-hybridized carbons (Fsp3) is 0.0714. The highest BCUT2D eigenvalue weighted by atomic mass is 19.3. The molecule has 0 fully saturated rings. The van der Waals surface area contributed by atoms with Gasteiger partial charge in [0.1, 0.15) is 5.75 Å². The molecule has 0 bridgehead atoms. The number of rotatable bonds is 4. The molecule has 0 saturated heterocycles. The molecule has 0 aliphatic carbocycles. The number of aldehydes is 1. The van der Waals surface area contributed by atoms with Gasteiger partial charge in [0.2, 0.25) is 6.29 Å². The smallest absolute Gasteiger partial charge is 0.427 e. The number of halogens is 5. The molecule has 110 valence electrons. The molecule has 2 nitrogen and oxygen atoms in total. The minimum absolute atomic E-state index is 0.0279. The molecule has 2 aromatic carbocycles. The van der Waals surface area contributed by atoms with Crippen LogP contribution in [0.5, 0.6) is 5.75 Å². The predicted molar refractivity (Wildman–Crippen MR) is 63.4 cm³/mol. The SMILES string of the molecule is O=CC(F)(F)Oc1ccc(-c2cc(F)c(F)c(F)c2)cc1. The largest absolute Gasteiger partial charge is 0.457 e. The molecule has 2 rings (SSSR count). The molecule has 0 spiro atoms. The second-order valence-electron chi connectivity index (χ2n) is 4.06. The van der Waals surface area contributed by atoms with E-state index < -0.39 is 29.8 Å². The van der Waals surface area contributed by atoms with Gasteiger partial charge in [-0.2, -0.15) is 8.78 Å². The Morgan fingerprint density at radius 1 is 0.905 bits per heavy atom. The zero-order valence-electron chi connectivity index (χ0n) is 10.2. The summed E-state index contributed by atoms with van der Waals surface area (Å²) in [6.07, 6.45) is -4.62. The zero-order chi connectivity index (χ0) is 15.6. The molecular formula is C14H7F5O2. The van der Waals surface area contributed by atoms with Crippen LogP contribution in [0.3, 0.4) is 0 Å². The van der Waals surface area contributed by atoms with Gasteiger partial charge in [-0.05, 0) is 35.4 Å². The summed E-state index contributed by atoms with van der Waals surface area (Å²) < 4.78 is 68.5. The van der Waals surface area contributed by atoms with Gasteiger partial charge in [0.15, 0.2) is 17.5 Å². The quantitative estimate of drug-likeness (QED) is 0.486. The third-order valence-electron chi connectivity index (χ3n) is 2.56. The van der Waals surface area contributed by atoms with Gasteiger partial charge in [0.25, 0.3) is 0 Å². The molecule has 0 amide bonds. The second kappa shape index (κ2) is 5.51. The topological polar surface area (TPSA) is 26.3 Å². The molecule has 0 N–H and O–H groups in total. The van der Waals surface area contributed by atoms with Gasteiger partial charge in [0.05, 0.1) is 0 Å². The summed E-state index contributed by atoms with van der Waals surface area (Å²) in [6.45, 7) is 0. The van der Waals surface area contributed by atoms with Crippen molar-refractivity contribution in [1.82, 2.24) is 0 Å². The van der Waals surface area contributed by atoms with Crippen molar-refractivity contribution in [1.29, 1.82) is 0 Å². The van der Waals surface area contributed by atoms with Crippen molar-refractivity contribution in [3.63, 3.8) is 0 Å². The van der Waals surface area contributed by atoms with E-state index in [1.54, 1.807) is 0 Å². The number of alkyl halides is 2. The van der Waals surface area contributed by atoms with Crippen molar-refractivity contribution in [3.8, 4) is 16.9 Å². The van der Waals surface area contributed by atoms with Gasteiger partial charge < -0.3 is 4.74 Å². The Morgan fingerprint density at radius 2 is 1.43 bits per heavy atom. The Labute approximate surface area is 115 Å². The number of ether oxygens (including phenoxy) is 1. The highest BCUT2D eigenvalue weighted by Gasteiger charge is 2.30. The van der Waals surface area contributed by atoms with Crippen LogP contribution in [-0.4, -0.2) is 12.4 Å². The first kappa shape index (κ1) is 15.0. The van der Waals surface area contributed by atoms with Crippen molar-refractivity contribution in [2.45, 2.75) is 6.11 Å². The molecule has 0 radical (unpaired) electrons. The van der Waals surface area contributed by atoms with E-state index in [2.05, 4.69) is 4.74 Å². The maximum absolute atomic E-state index is 13.1. The number of carbonyl (C=O) groups is 1. The highest BCUT2D eigenvalue weighted by molar-refractivity contribution is 5.64. The number of hydrogen-bond donors (Lipinski definition) is 0. The lowest BCUT2D eigenvalue weighted by Crippen LogP contribution is -2.26. The molecule has 0 aliphatic rings. The lowest BCUT2D eigenvalue weighted by atomic mass is 10.1. The Hall–Kier alpha value is -2.44. The molecule has 2 aromatic rings. The maximum Gasteiger partial charge on any atom is 0.457 e. The van der Waals surface area contributed by atoms with Crippen LogP contribution in [0, 0.1) is 17.5 Å². The third-order valence-corrected chi connectivity index (χ3v) is 2.56. The van der Waals surface area contributed by atoms with Crippen LogP contribution >= 0.6 is 0 Å². The highest BCUT2D eigenvalue weighted by Crippen LogP contribution is 2.27. The fourth-order valence-corrected chi connectivity index (χ4v) is 1.62. The predicted octanol–water partition coefficient (Wildman–Crippen LogP) is 3.94. The van der Waals surface area contributed by atoms with Gasteiger partial charge in [-0.3, -0.25) is 4.79 Å². The minimum Gasteiger partial charge on any atom is -0.427 e. The standard InChI is InChI=1S/C14H7F5O2/c15-11-5-9(6-12(16)13(11)17)8-1-3-10(4-2-8)21-14(18,19)7-20/h1-7H. The van der Waals surface area contributed by atoms with E-state index in [9.17, 15) is 26.7 Å². The average molecular weight is 302 g/mol. The normalized spacial score (nSPS) is 11.3. The average Bonchev–Trinajstić information content (AvgIpc) is 2.44. The molecule has 0 heterocycles. The molecule has 0 atom stereocenters. The van der Waals surface area contributed by atoms with Crippen LogP contribution in [-0.2, 0) is 4.79 Å². The summed E-state index contributed by atoms with van der Waals surface area (Å²) in [6, 6.07) is 6.20. The van der Waals surface area contributed by atoms with Crippen LogP contribution < -0.4 is 4.74 Å². The van der Waals surface area contributed by atoms with Crippen molar-refractivity contribution in [3.05, 3.63) is 53.8 Å². The van der Waals surface area contributed by atoms with E-state index in [1.807, 2.05) is 0 Å². The second-order valence-corrected chi connectivity index (χ2v) is 4.06. The van der Waals surface area contributed by atoms with Gasteiger partial charge in [-0.15, -0.1) is 0 Å². The summed E-state index contributed by atoms with van der Waals surface area (Å²) >= 11 is 0. The Morgan fingerprint density at radius 3 is 1.90 bits per heavy atom. The molecule has 0 aliphatic heterocycles. The summed E-state index contributed by atoms with van der Waals surface area (Å²) in [4.78, 5) is 10.0. The molecule has 0 saturated carbocycles. The van der Waals surface area contributed by atoms with Gasteiger partial charge in [0, 0.05) is 0 Å². The lowest BCUT2D eigenvalue weighted by Gasteiger charge is -2.12. The monoisotopic (exact) mass is 302 g/mol. The molecule has 7 heteroatoms. The van der Waals surface area contributed by atoms with E-state index in [0.29, 0.717) is 0 Å². The van der Waals surface area contributed by atoms with E-state index in [4.69, 9.17) is 0 Å². The Bertz CT molecular complexity index is 645. The van der Waals surface area contributed by atoms with E-state index in [0.717, 1.165) is 24.3 Å². The number of carbonyl (C=O) groups excluding carboxylic acids is 1. The summed E-state index contributed by atoms with van der Waals surface area (Å²) in [5, 5.41) is 0. The molecular weight excluding hydrogens is 295 g/mol. The third kappa shape index (κ3) is 3.36. The van der Waals surface area contributed by atoms with E-state index in [1.165, 1.54) is 12.1 Å². The van der Waals surface area contributed by atoms with Crippen molar-refractivity contribution < 1.29 is 31.5 Å². The number of benzene rings is 2. The minimum atomic E-state index is -3.96. The van der Waals surface area contributed by atoms with Crippen LogP contribution in [0.25, 0.3) is 11.1 Å². The van der Waals surface area contributed by atoms with Crippen molar-refractivity contribution >= 4 is 6.29 Å².